The van der Waals surface area contributed by atoms with E-state index in [2.05, 4.69) is 10.9 Å². The fourth-order valence-corrected chi connectivity index (χ4v) is 6.07. The summed E-state index contributed by atoms with van der Waals surface area (Å²) < 4.78 is 55.2. The molecule has 1 aromatic heterocycles. The zero-order valence-corrected chi connectivity index (χ0v) is 23.6. The van der Waals surface area contributed by atoms with Crippen molar-refractivity contribution in [1.82, 2.24) is 4.98 Å². The van der Waals surface area contributed by atoms with E-state index in [1.54, 1.807) is 6.92 Å². The highest BCUT2D eigenvalue weighted by atomic mass is 32.2. The number of rotatable bonds is 9. The Labute approximate surface area is 229 Å². The largest absolute Gasteiger partial charge is 0.513 e. The zero-order chi connectivity index (χ0) is 28.9. The first-order chi connectivity index (χ1) is 18.4. The molecule has 0 saturated heterocycles. The Morgan fingerprint density at radius 3 is 2.36 bits per heavy atom. The molecule has 0 amide bonds. The number of aromatic nitrogens is 1. The number of alkyl halides is 3. The fraction of sp³-hybridized carbons (Fsp3) is 0.448. The molecule has 3 unspecified atom stereocenters. The highest BCUT2D eigenvalue weighted by Crippen LogP contribution is 2.39. The van der Waals surface area contributed by atoms with Crippen LogP contribution in [0.1, 0.15) is 61.9 Å². The Morgan fingerprint density at radius 1 is 1.21 bits per heavy atom. The van der Waals surface area contributed by atoms with Gasteiger partial charge in [-0.2, -0.15) is 13.2 Å². The van der Waals surface area contributed by atoms with Crippen molar-refractivity contribution in [1.29, 1.82) is 0 Å². The molecule has 1 aliphatic heterocycles. The van der Waals surface area contributed by atoms with Crippen molar-refractivity contribution < 1.29 is 37.0 Å². The van der Waals surface area contributed by atoms with Crippen LogP contribution in [0.3, 0.4) is 0 Å². The number of cyclic esters (lactones) is 1. The SMILES string of the molecule is C=S(CC(C)C1CC(OC(=O)OCC)=C(c2c(CC)cc(C)cc2CC)C(=O)O1)c1ccc(C(F)(F)F)cn1. The molecule has 39 heavy (non-hydrogen) atoms. The van der Waals surface area contributed by atoms with Crippen LogP contribution < -0.4 is 0 Å². The van der Waals surface area contributed by atoms with Gasteiger partial charge in [-0.05, 0) is 61.3 Å². The number of hydrogen-bond donors (Lipinski definition) is 0. The molecular formula is C29H34F3NO5S. The number of hydrogen-bond acceptors (Lipinski definition) is 6. The van der Waals surface area contributed by atoms with E-state index >= 15 is 0 Å². The van der Waals surface area contributed by atoms with Gasteiger partial charge in [0.05, 0.1) is 17.2 Å². The Kier molecular flexibility index (Phi) is 9.98. The smallest absolute Gasteiger partial charge is 0.458 e. The predicted molar refractivity (Wildman–Crippen MR) is 146 cm³/mol. The van der Waals surface area contributed by atoms with E-state index in [-0.39, 0.29) is 30.3 Å². The van der Waals surface area contributed by atoms with E-state index in [4.69, 9.17) is 14.2 Å². The van der Waals surface area contributed by atoms with Crippen LogP contribution in [-0.2, 0) is 38.0 Å². The van der Waals surface area contributed by atoms with Crippen LogP contribution in [0.25, 0.3) is 5.57 Å². The quantitative estimate of drug-likeness (QED) is 0.238. The minimum atomic E-state index is -4.47. The lowest BCUT2D eigenvalue weighted by Gasteiger charge is -2.31. The van der Waals surface area contributed by atoms with Crippen molar-refractivity contribution >= 4 is 34.1 Å². The Balaban J connectivity index is 1.93. The maximum absolute atomic E-state index is 13.5. The number of esters is 1. The van der Waals surface area contributed by atoms with Gasteiger partial charge in [0.2, 0.25) is 0 Å². The first-order valence-electron chi connectivity index (χ1n) is 12.8. The summed E-state index contributed by atoms with van der Waals surface area (Å²) in [5.41, 5.74) is 3.07. The number of pyridine rings is 1. The predicted octanol–water partition coefficient (Wildman–Crippen LogP) is 7.13. The van der Waals surface area contributed by atoms with Gasteiger partial charge in [-0.1, -0.05) is 44.3 Å². The molecule has 0 N–H and O–H groups in total. The summed E-state index contributed by atoms with van der Waals surface area (Å²) in [4.78, 5) is 29.8. The highest BCUT2D eigenvalue weighted by Gasteiger charge is 2.37. The summed E-state index contributed by atoms with van der Waals surface area (Å²) in [5, 5.41) is 0.427. The molecule has 0 fully saturated rings. The lowest BCUT2D eigenvalue weighted by atomic mass is 9.86. The van der Waals surface area contributed by atoms with Crippen LogP contribution in [0.15, 0.2) is 41.2 Å². The number of aryl methyl sites for hydroxylation is 3. The average Bonchev–Trinajstić information content (AvgIpc) is 2.88. The molecule has 212 valence electrons. The van der Waals surface area contributed by atoms with Gasteiger partial charge in [0, 0.05) is 18.5 Å². The highest BCUT2D eigenvalue weighted by molar-refractivity contribution is 8.14. The molecule has 0 bridgehead atoms. The van der Waals surface area contributed by atoms with E-state index in [0.29, 0.717) is 29.2 Å². The third-order valence-corrected chi connectivity index (χ3v) is 8.27. The van der Waals surface area contributed by atoms with Gasteiger partial charge in [0.15, 0.2) is 0 Å². The number of ether oxygens (including phenoxy) is 3. The van der Waals surface area contributed by atoms with Crippen LogP contribution in [0, 0.1) is 12.8 Å². The van der Waals surface area contributed by atoms with Crippen molar-refractivity contribution in [2.75, 3.05) is 12.4 Å². The molecule has 0 radical (unpaired) electrons. The standard InChI is InChI=1S/C29H34F3NO5S/c1-7-19-12-17(4)13-20(8-2)25(19)26-23(38-28(35)36-9-3)14-22(37-27(26)34)18(5)16-39(6)24-11-10-21(15-33-24)29(30,31)32/h10-13,15,18,22H,6-9,14,16H2,1-5H3. The summed E-state index contributed by atoms with van der Waals surface area (Å²) in [5.74, 6) is 3.83. The molecule has 0 saturated carbocycles. The van der Waals surface area contributed by atoms with E-state index in [1.165, 1.54) is 6.07 Å². The molecule has 6 nitrogen and oxygen atoms in total. The van der Waals surface area contributed by atoms with Crippen LogP contribution in [0.5, 0.6) is 0 Å². The van der Waals surface area contributed by atoms with Gasteiger partial charge >= 0.3 is 18.3 Å². The van der Waals surface area contributed by atoms with Gasteiger partial charge in [-0.3, -0.25) is 0 Å². The summed E-state index contributed by atoms with van der Waals surface area (Å²) in [6, 6.07) is 6.33. The van der Waals surface area contributed by atoms with Crippen LogP contribution >= 0.6 is 10.5 Å². The van der Waals surface area contributed by atoms with Crippen LogP contribution in [0.4, 0.5) is 18.0 Å². The lowest BCUT2D eigenvalue weighted by Crippen LogP contribution is -2.34. The minimum absolute atomic E-state index is 0.112. The Bertz CT molecular complexity index is 1250. The van der Waals surface area contributed by atoms with Crippen LogP contribution in [-0.4, -0.2) is 41.4 Å². The second-order valence-corrected chi connectivity index (χ2v) is 11.2. The van der Waals surface area contributed by atoms with Crippen molar-refractivity contribution in [3.8, 4) is 0 Å². The maximum atomic E-state index is 13.5. The maximum Gasteiger partial charge on any atom is 0.513 e. The Morgan fingerprint density at radius 2 is 1.85 bits per heavy atom. The normalized spacial score (nSPS) is 17.4. The number of halogens is 3. The van der Waals surface area contributed by atoms with Gasteiger partial charge in [-0.15, -0.1) is 10.5 Å². The van der Waals surface area contributed by atoms with Gasteiger partial charge < -0.3 is 14.2 Å². The zero-order valence-electron chi connectivity index (χ0n) is 22.8. The van der Waals surface area contributed by atoms with E-state index < -0.39 is 40.5 Å². The summed E-state index contributed by atoms with van der Waals surface area (Å²) >= 11 is 0. The first-order valence-corrected chi connectivity index (χ1v) is 14.4. The molecule has 2 heterocycles. The number of benzene rings is 1. The van der Waals surface area contributed by atoms with Crippen LogP contribution in [0.2, 0.25) is 0 Å². The average molecular weight is 566 g/mol. The molecule has 3 atom stereocenters. The molecule has 3 rings (SSSR count). The van der Waals surface area contributed by atoms with E-state index in [1.807, 2.05) is 39.8 Å². The van der Waals surface area contributed by atoms with Crippen molar-refractivity contribution in [3.05, 3.63) is 64.0 Å². The second-order valence-electron chi connectivity index (χ2n) is 9.42. The molecular weight excluding hydrogens is 531 g/mol. The van der Waals surface area contributed by atoms with E-state index in [9.17, 15) is 22.8 Å². The van der Waals surface area contributed by atoms with Crippen molar-refractivity contribution in [3.63, 3.8) is 0 Å². The number of carbonyl (C=O) groups excluding carboxylic acids is 2. The third kappa shape index (κ3) is 7.29. The summed E-state index contributed by atoms with van der Waals surface area (Å²) in [6.07, 6.45) is -3.75. The summed E-state index contributed by atoms with van der Waals surface area (Å²) in [7, 11) is -0.762. The minimum Gasteiger partial charge on any atom is -0.458 e. The monoisotopic (exact) mass is 565 g/mol. The van der Waals surface area contributed by atoms with Gasteiger partial charge in [0.1, 0.15) is 17.4 Å². The molecule has 0 spiro atoms. The summed E-state index contributed by atoms with van der Waals surface area (Å²) in [6.45, 7) is 9.61. The van der Waals surface area contributed by atoms with Crippen molar-refractivity contribution in [2.24, 2.45) is 5.92 Å². The molecule has 1 aromatic carbocycles. The fourth-order valence-electron chi connectivity index (χ4n) is 4.59. The molecule has 1 aliphatic rings. The van der Waals surface area contributed by atoms with Crippen molar-refractivity contribution in [2.45, 2.75) is 71.2 Å². The lowest BCUT2D eigenvalue weighted by molar-refractivity contribution is -0.146. The molecule has 0 aliphatic carbocycles. The van der Waals surface area contributed by atoms with Gasteiger partial charge in [0.25, 0.3) is 0 Å². The molecule has 10 heteroatoms. The third-order valence-electron chi connectivity index (χ3n) is 6.51. The Hall–Kier alpha value is -3.14. The van der Waals surface area contributed by atoms with E-state index in [0.717, 1.165) is 29.0 Å². The second kappa shape index (κ2) is 12.8. The first kappa shape index (κ1) is 30.4. The number of carbonyl (C=O) groups is 2. The number of nitrogens with zero attached hydrogens (tertiary/aromatic N) is 1. The topological polar surface area (TPSA) is 74.7 Å². The molecule has 2 aromatic rings. The van der Waals surface area contributed by atoms with Gasteiger partial charge in [-0.25, -0.2) is 14.6 Å².